The van der Waals surface area contributed by atoms with E-state index in [1.54, 1.807) is 25.1 Å². The molecular weight excluding hydrogens is 613 g/mol. The lowest BCUT2D eigenvalue weighted by Crippen LogP contribution is -2.23. The lowest BCUT2D eigenvalue weighted by Gasteiger charge is -2.14. The molecule has 1 aromatic heterocycles. The highest BCUT2D eigenvalue weighted by Gasteiger charge is 2.24. The van der Waals surface area contributed by atoms with Crippen LogP contribution in [0.2, 0.25) is 0 Å². The molecule has 0 saturated heterocycles. The number of benzene rings is 3. The number of fused-ring (bicyclic) bond motifs is 1. The summed E-state index contributed by atoms with van der Waals surface area (Å²) in [5, 5.41) is 19.3. The third-order valence-corrected chi connectivity index (χ3v) is 6.73. The van der Waals surface area contributed by atoms with Crippen molar-refractivity contribution >= 4 is 50.3 Å². The van der Waals surface area contributed by atoms with Gasteiger partial charge in [0.05, 0.1) is 28.6 Å². The minimum Gasteiger partial charge on any atom is -0.490 e. The number of aromatic nitrogens is 2. The van der Waals surface area contributed by atoms with Gasteiger partial charge in [0.25, 0.3) is 11.5 Å². The molecule has 4 aromatic rings. The maximum atomic E-state index is 13.4. The van der Waals surface area contributed by atoms with Gasteiger partial charge in [0.2, 0.25) is 5.75 Å². The van der Waals surface area contributed by atoms with Gasteiger partial charge >= 0.3 is 5.69 Å². The quantitative estimate of drug-likeness (QED) is 0.120. The third-order valence-electron chi connectivity index (χ3n) is 6.24. The first-order valence-corrected chi connectivity index (χ1v) is 13.8. The van der Waals surface area contributed by atoms with Crippen molar-refractivity contribution in [3.8, 4) is 11.5 Å². The number of hydrogen-bond acceptors (Lipinski definition) is 8. The fourth-order valence-corrected chi connectivity index (χ4v) is 4.36. The van der Waals surface area contributed by atoms with E-state index in [9.17, 15) is 24.1 Å². The highest BCUT2D eigenvalue weighted by molar-refractivity contribution is 9.10. The molecule has 0 spiro atoms. The number of rotatable bonds is 11. The summed E-state index contributed by atoms with van der Waals surface area (Å²) < 4.78 is 26.2. The van der Waals surface area contributed by atoms with Crippen LogP contribution in [-0.4, -0.2) is 39.9 Å². The van der Waals surface area contributed by atoms with Crippen LogP contribution in [0.3, 0.4) is 0 Å². The van der Waals surface area contributed by atoms with Crippen molar-refractivity contribution in [2.75, 3.05) is 18.5 Å². The molecule has 3 aromatic carbocycles. The Labute approximate surface area is 248 Å². The lowest BCUT2D eigenvalue weighted by molar-refractivity contribution is -0.385. The molecule has 13 heteroatoms. The van der Waals surface area contributed by atoms with E-state index in [1.165, 1.54) is 47.3 Å². The summed E-state index contributed by atoms with van der Waals surface area (Å²) in [6, 6.07) is 13.0. The summed E-state index contributed by atoms with van der Waals surface area (Å²) in [6.07, 6.45) is 2.00. The fourth-order valence-electron chi connectivity index (χ4n) is 4.00. The monoisotopic (exact) mass is 639 g/mol. The van der Waals surface area contributed by atoms with Gasteiger partial charge in [0.15, 0.2) is 12.4 Å². The molecule has 0 aliphatic carbocycles. The highest BCUT2D eigenvalue weighted by Crippen LogP contribution is 2.38. The van der Waals surface area contributed by atoms with E-state index < -0.39 is 28.9 Å². The van der Waals surface area contributed by atoms with Crippen molar-refractivity contribution in [1.29, 1.82) is 0 Å². The van der Waals surface area contributed by atoms with Crippen LogP contribution in [0, 0.1) is 15.9 Å². The van der Waals surface area contributed by atoms with E-state index in [0.717, 1.165) is 0 Å². The highest BCUT2D eigenvalue weighted by atomic mass is 79.9. The number of halogens is 2. The van der Waals surface area contributed by atoms with Gasteiger partial charge in [0, 0.05) is 27.7 Å². The molecule has 0 bridgehead atoms. The minimum atomic E-state index is -0.668. The molecule has 0 aliphatic rings. The van der Waals surface area contributed by atoms with Gasteiger partial charge in [-0.25, -0.2) is 9.37 Å². The summed E-state index contributed by atoms with van der Waals surface area (Å²) in [4.78, 5) is 41.8. The van der Waals surface area contributed by atoms with Crippen LogP contribution in [0.15, 0.2) is 69.0 Å². The summed E-state index contributed by atoms with van der Waals surface area (Å²) in [5.74, 6) is -0.971. The molecule has 0 radical (unpaired) electrons. The predicted molar refractivity (Wildman–Crippen MR) is 160 cm³/mol. The second-order valence-electron chi connectivity index (χ2n) is 9.20. The maximum absolute atomic E-state index is 13.4. The van der Waals surface area contributed by atoms with Crippen molar-refractivity contribution in [2.24, 2.45) is 5.10 Å². The average Bonchev–Trinajstić information content (AvgIpc) is 2.97. The van der Waals surface area contributed by atoms with Gasteiger partial charge in [-0.05, 0) is 61.9 Å². The molecular formula is C29H27BrFN5O6. The Bertz CT molecular complexity index is 1720. The first-order valence-electron chi connectivity index (χ1n) is 13.0. The van der Waals surface area contributed by atoms with Crippen molar-refractivity contribution in [3.63, 3.8) is 0 Å². The SMILES string of the molecule is CCOc1cc(C=Nn2c([C@H](C)CC)nc3ccc(Br)cc3c2=O)cc([N+](=O)[O-])c1OCC(=O)Nc1ccc(F)cc1. The molecule has 42 heavy (non-hydrogen) atoms. The van der Waals surface area contributed by atoms with Crippen molar-refractivity contribution < 1.29 is 23.6 Å². The Balaban J connectivity index is 1.69. The van der Waals surface area contributed by atoms with Crippen LogP contribution in [0.4, 0.5) is 15.8 Å². The topological polar surface area (TPSA) is 138 Å². The van der Waals surface area contributed by atoms with Crippen molar-refractivity contribution in [1.82, 2.24) is 9.66 Å². The number of hydrogen-bond donors (Lipinski definition) is 1. The molecule has 0 fully saturated rings. The zero-order valence-corrected chi connectivity index (χ0v) is 24.6. The van der Waals surface area contributed by atoms with Crippen molar-refractivity contribution in [3.05, 3.63) is 96.7 Å². The maximum Gasteiger partial charge on any atom is 0.315 e. The van der Waals surface area contributed by atoms with Crippen LogP contribution in [-0.2, 0) is 4.79 Å². The Kier molecular flexibility index (Phi) is 9.63. The number of amides is 1. The molecule has 1 heterocycles. The largest absolute Gasteiger partial charge is 0.490 e. The summed E-state index contributed by atoms with van der Waals surface area (Å²) >= 11 is 3.38. The number of nitro groups is 1. The average molecular weight is 640 g/mol. The second-order valence-corrected chi connectivity index (χ2v) is 10.1. The lowest BCUT2D eigenvalue weighted by atomic mass is 10.1. The molecule has 1 atom stereocenters. The Hall–Kier alpha value is -4.65. The van der Waals surface area contributed by atoms with Crippen LogP contribution in [0.5, 0.6) is 11.5 Å². The van der Waals surface area contributed by atoms with E-state index in [0.29, 0.717) is 33.3 Å². The molecule has 11 nitrogen and oxygen atoms in total. The van der Waals surface area contributed by atoms with Crippen LogP contribution in [0.25, 0.3) is 10.9 Å². The normalized spacial score (nSPS) is 11.9. The van der Waals surface area contributed by atoms with Gasteiger partial charge in [-0.1, -0.05) is 29.8 Å². The van der Waals surface area contributed by atoms with E-state index in [1.807, 2.05) is 13.8 Å². The minimum absolute atomic E-state index is 0.0118. The summed E-state index contributed by atoms with van der Waals surface area (Å²) in [5.41, 5.74) is 0.263. The van der Waals surface area contributed by atoms with E-state index in [4.69, 9.17) is 9.47 Å². The molecule has 0 unspecified atom stereocenters. The van der Waals surface area contributed by atoms with Crippen LogP contribution < -0.4 is 20.3 Å². The third kappa shape index (κ3) is 6.97. The predicted octanol–water partition coefficient (Wildman–Crippen LogP) is 6.02. The van der Waals surface area contributed by atoms with Crippen LogP contribution in [0.1, 0.15) is 44.5 Å². The number of nitro benzene ring substituents is 1. The van der Waals surface area contributed by atoms with Gasteiger partial charge in [-0.15, -0.1) is 0 Å². The summed E-state index contributed by atoms with van der Waals surface area (Å²) in [7, 11) is 0. The second kappa shape index (κ2) is 13.3. The fraction of sp³-hybridized carbons (Fsp3) is 0.241. The van der Waals surface area contributed by atoms with Crippen LogP contribution >= 0.6 is 15.9 Å². The Morgan fingerprint density at radius 1 is 1.19 bits per heavy atom. The van der Waals surface area contributed by atoms with Gasteiger partial charge in [-0.2, -0.15) is 9.78 Å². The van der Waals surface area contributed by atoms with Gasteiger partial charge < -0.3 is 14.8 Å². The molecule has 218 valence electrons. The van der Waals surface area contributed by atoms with Gasteiger partial charge in [0.1, 0.15) is 11.6 Å². The molecule has 0 aliphatic heterocycles. The summed E-state index contributed by atoms with van der Waals surface area (Å²) in [6.45, 7) is 5.16. The van der Waals surface area contributed by atoms with E-state index in [2.05, 4.69) is 31.3 Å². The Morgan fingerprint density at radius 3 is 2.60 bits per heavy atom. The zero-order chi connectivity index (χ0) is 30.4. The standard InChI is InChI=1S/C29H27BrFN5O6/c1-4-17(3)28-34-23-11-6-19(30)14-22(23)29(38)35(28)32-15-18-12-24(36(39)40)27(25(13-18)41-5-2)42-16-26(37)33-21-9-7-20(31)8-10-21/h6-15,17H,4-5,16H2,1-3H3,(H,33,37)/t17-/m1/s1. The number of ether oxygens (including phenoxy) is 2. The number of nitrogens with one attached hydrogen (secondary N) is 1. The first-order chi connectivity index (χ1) is 20.1. The zero-order valence-electron chi connectivity index (χ0n) is 23.0. The number of anilines is 1. The number of carbonyl (C=O) groups is 1. The van der Waals surface area contributed by atoms with Gasteiger partial charge in [-0.3, -0.25) is 19.7 Å². The van der Waals surface area contributed by atoms with E-state index in [-0.39, 0.29) is 35.1 Å². The smallest absolute Gasteiger partial charge is 0.315 e. The first kappa shape index (κ1) is 30.3. The van der Waals surface area contributed by atoms with E-state index >= 15 is 0 Å². The van der Waals surface area contributed by atoms with Crippen molar-refractivity contribution in [2.45, 2.75) is 33.1 Å². The molecule has 1 N–H and O–H groups in total. The molecule has 1 amide bonds. The Morgan fingerprint density at radius 2 is 1.93 bits per heavy atom. The molecule has 4 rings (SSSR count). The number of carbonyl (C=O) groups excluding carboxylic acids is 1. The molecule has 0 saturated carbocycles. The number of nitrogens with zero attached hydrogens (tertiary/aromatic N) is 4.